The lowest BCUT2D eigenvalue weighted by atomic mass is 9.96. The molecule has 5 nitrogen and oxygen atoms in total. The predicted molar refractivity (Wildman–Crippen MR) is 105 cm³/mol. The lowest BCUT2D eigenvalue weighted by Crippen LogP contribution is -2.47. The highest BCUT2D eigenvalue weighted by atomic mass is 16.4. The highest BCUT2D eigenvalue weighted by Crippen LogP contribution is 2.33. The van der Waals surface area contributed by atoms with Crippen molar-refractivity contribution >= 4 is 16.9 Å². The number of pyridine rings is 2. The van der Waals surface area contributed by atoms with Crippen LogP contribution in [-0.4, -0.2) is 38.5 Å². The smallest absolute Gasteiger partial charge is 0.320 e. The first-order valence-corrected chi connectivity index (χ1v) is 9.40. The van der Waals surface area contributed by atoms with Crippen molar-refractivity contribution < 1.29 is 9.90 Å². The number of likely N-dealkylation sites (tertiary alicyclic amines) is 1. The molecule has 0 radical (unpaired) electrons. The molecule has 0 bridgehead atoms. The van der Waals surface area contributed by atoms with E-state index < -0.39 is 12.0 Å². The first-order chi connectivity index (χ1) is 13.1. The van der Waals surface area contributed by atoms with Crippen LogP contribution >= 0.6 is 0 Å². The van der Waals surface area contributed by atoms with Gasteiger partial charge in [0.2, 0.25) is 0 Å². The fourth-order valence-electron chi connectivity index (χ4n) is 3.89. The Bertz CT molecular complexity index is 955. The summed E-state index contributed by atoms with van der Waals surface area (Å²) in [6, 6.07) is 15.3. The Morgan fingerprint density at radius 2 is 1.93 bits per heavy atom. The van der Waals surface area contributed by atoms with Gasteiger partial charge < -0.3 is 5.11 Å². The molecule has 3 heterocycles. The van der Waals surface area contributed by atoms with Gasteiger partial charge in [0.25, 0.3) is 0 Å². The first kappa shape index (κ1) is 17.6. The van der Waals surface area contributed by atoms with Crippen molar-refractivity contribution in [2.45, 2.75) is 38.3 Å². The van der Waals surface area contributed by atoms with Crippen LogP contribution in [0, 0.1) is 6.92 Å². The number of aromatic nitrogens is 2. The van der Waals surface area contributed by atoms with Crippen molar-refractivity contribution in [2.75, 3.05) is 6.54 Å². The molecule has 5 heteroatoms. The van der Waals surface area contributed by atoms with E-state index >= 15 is 0 Å². The van der Waals surface area contributed by atoms with Gasteiger partial charge in [0.05, 0.1) is 22.9 Å². The van der Waals surface area contributed by atoms with Gasteiger partial charge in [0, 0.05) is 18.1 Å². The van der Waals surface area contributed by atoms with Crippen LogP contribution in [-0.2, 0) is 4.79 Å². The van der Waals surface area contributed by atoms with E-state index in [-0.39, 0.29) is 6.04 Å². The van der Waals surface area contributed by atoms with Gasteiger partial charge in [0.1, 0.15) is 6.04 Å². The maximum absolute atomic E-state index is 11.9. The molecule has 1 aliphatic rings. The van der Waals surface area contributed by atoms with Gasteiger partial charge in [-0.25, -0.2) is 0 Å². The molecule has 3 aromatic rings. The van der Waals surface area contributed by atoms with Gasteiger partial charge >= 0.3 is 5.97 Å². The second kappa shape index (κ2) is 7.45. The number of rotatable bonds is 4. The third kappa shape index (κ3) is 3.55. The van der Waals surface area contributed by atoms with Gasteiger partial charge in [0.15, 0.2) is 0 Å². The molecular formula is C22H23N3O2. The Morgan fingerprint density at radius 1 is 1.11 bits per heavy atom. The van der Waals surface area contributed by atoms with Crippen LogP contribution in [0.5, 0.6) is 0 Å². The van der Waals surface area contributed by atoms with Crippen molar-refractivity contribution in [1.29, 1.82) is 0 Å². The van der Waals surface area contributed by atoms with E-state index in [2.05, 4.69) is 16.0 Å². The van der Waals surface area contributed by atoms with Gasteiger partial charge in [-0.15, -0.1) is 0 Å². The summed E-state index contributed by atoms with van der Waals surface area (Å²) in [5.41, 5.74) is 3.68. The molecule has 2 atom stereocenters. The van der Waals surface area contributed by atoms with Gasteiger partial charge in [-0.1, -0.05) is 36.8 Å². The number of carbonyl (C=O) groups is 1. The molecule has 4 rings (SSSR count). The lowest BCUT2D eigenvalue weighted by molar-refractivity contribution is -0.145. The van der Waals surface area contributed by atoms with E-state index in [4.69, 9.17) is 4.98 Å². The number of benzene rings is 1. The molecule has 0 amide bonds. The fourth-order valence-corrected chi connectivity index (χ4v) is 3.89. The van der Waals surface area contributed by atoms with E-state index in [1.54, 1.807) is 0 Å². The van der Waals surface area contributed by atoms with Crippen LogP contribution < -0.4 is 0 Å². The Kier molecular flexibility index (Phi) is 4.86. The van der Waals surface area contributed by atoms with Gasteiger partial charge in [-0.2, -0.15) is 0 Å². The summed E-state index contributed by atoms with van der Waals surface area (Å²) in [4.78, 5) is 23.5. The molecule has 1 N–H and O–H groups in total. The second-order valence-corrected chi connectivity index (χ2v) is 7.18. The molecule has 1 aliphatic heterocycles. The van der Waals surface area contributed by atoms with Crippen molar-refractivity contribution in [3.05, 3.63) is 71.7 Å². The highest BCUT2D eigenvalue weighted by molar-refractivity contribution is 5.78. The van der Waals surface area contributed by atoms with Crippen LogP contribution in [0.4, 0.5) is 0 Å². The molecule has 2 unspecified atom stereocenters. The predicted octanol–water partition coefficient (Wildman–Crippen LogP) is 3.97. The molecule has 1 saturated heterocycles. The summed E-state index contributed by atoms with van der Waals surface area (Å²) in [6.07, 6.45) is 4.42. The minimum atomic E-state index is -0.771. The van der Waals surface area contributed by atoms with Crippen LogP contribution in [0.1, 0.15) is 42.3 Å². The first-order valence-electron chi connectivity index (χ1n) is 9.40. The van der Waals surface area contributed by atoms with Crippen LogP contribution in [0.3, 0.4) is 0 Å². The van der Waals surface area contributed by atoms with Crippen molar-refractivity contribution in [3.8, 4) is 0 Å². The monoisotopic (exact) mass is 361 g/mol. The SMILES string of the molecule is Cc1ccc(C(c2ccc3ccccc3n2)N2CCCCC2C(=O)O)nc1. The van der Waals surface area contributed by atoms with E-state index in [1.165, 1.54) is 0 Å². The topological polar surface area (TPSA) is 66.3 Å². The molecule has 0 aliphatic carbocycles. The number of carboxylic acid groups (broad SMARTS) is 1. The van der Waals surface area contributed by atoms with E-state index in [9.17, 15) is 9.90 Å². The summed E-state index contributed by atoms with van der Waals surface area (Å²) in [6.45, 7) is 2.73. The summed E-state index contributed by atoms with van der Waals surface area (Å²) in [5, 5.41) is 10.9. The summed E-state index contributed by atoms with van der Waals surface area (Å²) in [5.74, 6) is -0.771. The molecule has 27 heavy (non-hydrogen) atoms. The second-order valence-electron chi connectivity index (χ2n) is 7.18. The molecule has 1 aromatic carbocycles. The minimum Gasteiger partial charge on any atom is -0.480 e. The Hall–Kier alpha value is -2.79. The van der Waals surface area contributed by atoms with Crippen LogP contribution in [0.25, 0.3) is 10.9 Å². The summed E-state index contributed by atoms with van der Waals surface area (Å²) < 4.78 is 0. The fraction of sp³-hybridized carbons (Fsp3) is 0.318. The number of carboxylic acids is 1. The number of fused-ring (bicyclic) bond motifs is 1. The van der Waals surface area contributed by atoms with Crippen LogP contribution in [0.2, 0.25) is 0 Å². The quantitative estimate of drug-likeness (QED) is 0.762. The zero-order valence-corrected chi connectivity index (χ0v) is 15.4. The lowest BCUT2D eigenvalue weighted by Gasteiger charge is -2.38. The molecule has 0 saturated carbocycles. The zero-order chi connectivity index (χ0) is 18.8. The third-order valence-corrected chi connectivity index (χ3v) is 5.28. The largest absolute Gasteiger partial charge is 0.480 e. The number of hydrogen-bond acceptors (Lipinski definition) is 4. The van der Waals surface area contributed by atoms with E-state index in [1.807, 2.05) is 55.6 Å². The maximum atomic E-state index is 11.9. The molecular weight excluding hydrogens is 338 g/mol. The third-order valence-electron chi connectivity index (χ3n) is 5.28. The number of aryl methyl sites for hydroxylation is 1. The number of nitrogens with zero attached hydrogens (tertiary/aromatic N) is 3. The van der Waals surface area contributed by atoms with Crippen molar-refractivity contribution in [2.24, 2.45) is 0 Å². The Balaban J connectivity index is 1.83. The minimum absolute atomic E-state index is 0.267. The standard InChI is InChI=1S/C22H23N3O2/c1-15-9-11-18(23-14-15)21(25-13-5-4-8-20(25)22(26)27)19-12-10-16-6-2-3-7-17(16)24-19/h2-3,6-7,9-12,14,20-21H,4-5,8,13H2,1H3,(H,26,27). The average Bonchev–Trinajstić information content (AvgIpc) is 2.70. The zero-order valence-electron chi connectivity index (χ0n) is 15.4. The van der Waals surface area contributed by atoms with Crippen LogP contribution in [0.15, 0.2) is 54.7 Å². The molecule has 0 spiro atoms. The van der Waals surface area contributed by atoms with Crippen molar-refractivity contribution in [3.63, 3.8) is 0 Å². The van der Waals surface area contributed by atoms with Crippen molar-refractivity contribution in [1.82, 2.24) is 14.9 Å². The summed E-state index contributed by atoms with van der Waals surface area (Å²) in [7, 11) is 0. The number of hydrogen-bond donors (Lipinski definition) is 1. The van der Waals surface area contributed by atoms with E-state index in [0.29, 0.717) is 6.42 Å². The number of para-hydroxylation sites is 1. The molecule has 1 fully saturated rings. The maximum Gasteiger partial charge on any atom is 0.320 e. The van der Waals surface area contributed by atoms with Gasteiger partial charge in [-0.3, -0.25) is 19.7 Å². The number of aliphatic carboxylic acids is 1. The average molecular weight is 361 g/mol. The molecule has 2 aromatic heterocycles. The highest BCUT2D eigenvalue weighted by Gasteiger charge is 2.36. The summed E-state index contributed by atoms with van der Waals surface area (Å²) >= 11 is 0. The molecule has 138 valence electrons. The Morgan fingerprint density at radius 3 is 2.70 bits per heavy atom. The Labute approximate surface area is 158 Å². The normalized spacial score (nSPS) is 19.1. The van der Waals surface area contributed by atoms with E-state index in [0.717, 1.165) is 47.2 Å². The number of piperidine rings is 1. The van der Waals surface area contributed by atoms with Gasteiger partial charge in [-0.05, 0) is 43.5 Å².